The molecule has 0 radical (unpaired) electrons. The highest BCUT2D eigenvalue weighted by Gasteiger charge is 2.08. The molecule has 3 rings (SSSR count). The van der Waals surface area contributed by atoms with Gasteiger partial charge in [0.15, 0.2) is 5.43 Å². The number of carbonyl (C=O) groups excluding carboxylic acids is 1. The zero-order valence-corrected chi connectivity index (χ0v) is 13.2. The third-order valence-electron chi connectivity index (χ3n) is 3.55. The van der Waals surface area contributed by atoms with Crippen LogP contribution in [-0.4, -0.2) is 10.5 Å². The summed E-state index contributed by atoms with van der Waals surface area (Å²) in [5.74, 6) is -0.236. The van der Waals surface area contributed by atoms with Crippen molar-refractivity contribution >= 4 is 34.1 Å². The van der Waals surface area contributed by atoms with E-state index in [1.165, 1.54) is 6.07 Å². The number of pyridine rings is 1. The third-order valence-corrected chi connectivity index (χ3v) is 3.79. The Morgan fingerprint density at radius 3 is 2.62 bits per heavy atom. The summed E-state index contributed by atoms with van der Waals surface area (Å²) in [4.78, 5) is 24.2. The Labute approximate surface area is 142 Å². The zero-order chi connectivity index (χ0) is 17.1. The van der Waals surface area contributed by atoms with Crippen LogP contribution in [0.3, 0.4) is 0 Å². The first-order chi connectivity index (χ1) is 11.6. The normalized spacial score (nSPS) is 10.3. The fourth-order valence-corrected chi connectivity index (χ4v) is 2.58. The van der Waals surface area contributed by atoms with E-state index in [2.05, 4.69) is 5.32 Å². The number of rotatable bonds is 3. The molecule has 24 heavy (non-hydrogen) atoms. The van der Waals surface area contributed by atoms with Crippen molar-refractivity contribution < 1.29 is 4.79 Å². The number of aromatic nitrogens is 1. The Hall–Kier alpha value is -3.10. The van der Waals surface area contributed by atoms with Crippen LogP contribution >= 0.6 is 11.6 Å². The number of anilines is 1. The average Bonchev–Trinajstić information content (AvgIpc) is 2.58. The molecule has 1 N–H and O–H groups in total. The number of fused-ring (bicyclic) bond motifs is 1. The molecule has 0 fully saturated rings. The predicted molar refractivity (Wildman–Crippen MR) is 93.0 cm³/mol. The number of nitrogens with one attached hydrogen (secondary N) is 1. The van der Waals surface area contributed by atoms with E-state index in [0.717, 1.165) is 0 Å². The molecule has 0 aliphatic heterocycles. The van der Waals surface area contributed by atoms with Crippen LogP contribution in [0.25, 0.3) is 10.9 Å². The molecule has 3 aromatic rings. The van der Waals surface area contributed by atoms with E-state index in [9.17, 15) is 9.59 Å². The summed E-state index contributed by atoms with van der Waals surface area (Å²) in [6.07, 6.45) is 1.58. The molecule has 118 valence electrons. The van der Waals surface area contributed by atoms with E-state index < -0.39 is 0 Å². The van der Waals surface area contributed by atoms with Gasteiger partial charge in [-0.15, -0.1) is 0 Å². The van der Waals surface area contributed by atoms with Crippen molar-refractivity contribution in [2.75, 3.05) is 5.32 Å². The summed E-state index contributed by atoms with van der Waals surface area (Å²) in [7, 11) is 0. The first kappa shape index (κ1) is 15.8. The maximum atomic E-state index is 12.2. The number of nitrogens with zero attached hydrogens (tertiary/aromatic N) is 2. The van der Waals surface area contributed by atoms with Crippen LogP contribution < -0.4 is 10.7 Å². The lowest BCUT2D eigenvalue weighted by atomic mass is 10.2. The van der Waals surface area contributed by atoms with Crippen LogP contribution in [0.4, 0.5) is 5.69 Å². The summed E-state index contributed by atoms with van der Waals surface area (Å²) >= 11 is 5.93. The molecule has 5 nitrogen and oxygen atoms in total. The van der Waals surface area contributed by atoms with Gasteiger partial charge >= 0.3 is 0 Å². The van der Waals surface area contributed by atoms with Crippen LogP contribution in [0.2, 0.25) is 5.02 Å². The van der Waals surface area contributed by atoms with Gasteiger partial charge in [-0.2, -0.15) is 5.26 Å². The summed E-state index contributed by atoms with van der Waals surface area (Å²) < 4.78 is 1.69. The van der Waals surface area contributed by atoms with E-state index >= 15 is 0 Å². The van der Waals surface area contributed by atoms with Gasteiger partial charge in [0.25, 0.3) is 0 Å². The lowest BCUT2D eigenvalue weighted by molar-refractivity contribution is -0.116. The third kappa shape index (κ3) is 3.29. The van der Waals surface area contributed by atoms with E-state index in [0.29, 0.717) is 27.2 Å². The molecule has 6 heteroatoms. The quantitative estimate of drug-likeness (QED) is 0.797. The van der Waals surface area contributed by atoms with Gasteiger partial charge in [0.05, 0.1) is 17.1 Å². The molecule has 0 saturated carbocycles. The van der Waals surface area contributed by atoms with E-state index in [1.807, 2.05) is 6.07 Å². The molecule has 0 unspecified atom stereocenters. The second-order valence-electron chi connectivity index (χ2n) is 5.21. The number of hydrogen-bond acceptors (Lipinski definition) is 3. The highest BCUT2D eigenvalue weighted by Crippen LogP contribution is 2.17. The number of carbonyl (C=O) groups is 1. The maximum absolute atomic E-state index is 12.2. The molecule has 2 aromatic carbocycles. The van der Waals surface area contributed by atoms with Gasteiger partial charge in [-0.3, -0.25) is 9.59 Å². The Morgan fingerprint density at radius 2 is 1.92 bits per heavy atom. The number of amides is 1. The first-order valence-electron chi connectivity index (χ1n) is 7.15. The van der Waals surface area contributed by atoms with Crippen molar-refractivity contribution in [1.82, 2.24) is 4.57 Å². The highest BCUT2D eigenvalue weighted by atomic mass is 35.5. The minimum absolute atomic E-state index is 0.0540. The highest BCUT2D eigenvalue weighted by molar-refractivity contribution is 6.31. The van der Waals surface area contributed by atoms with Gasteiger partial charge in [-0.25, -0.2) is 0 Å². The lowest BCUT2D eigenvalue weighted by Crippen LogP contribution is -2.20. The molecule has 1 aromatic heterocycles. The van der Waals surface area contributed by atoms with Crippen LogP contribution in [0.1, 0.15) is 5.56 Å². The fourth-order valence-electron chi connectivity index (χ4n) is 2.41. The Kier molecular flexibility index (Phi) is 4.32. The molecular formula is C18H12ClN3O2. The SMILES string of the molecule is N#Cc1ccc(NC(=O)Cn2ccc(=O)c3cc(Cl)ccc32)cc1. The smallest absolute Gasteiger partial charge is 0.244 e. The van der Waals surface area contributed by atoms with Crippen LogP contribution in [0, 0.1) is 11.3 Å². The number of hydrogen-bond donors (Lipinski definition) is 1. The standard InChI is InChI=1S/C18H12ClN3O2/c19-13-3-6-16-15(9-13)17(23)7-8-22(16)11-18(24)21-14-4-1-12(10-20)2-5-14/h1-9H,11H2,(H,21,24). The number of nitriles is 1. The van der Waals surface area contributed by atoms with E-state index in [4.69, 9.17) is 16.9 Å². The molecule has 0 saturated heterocycles. The van der Waals surface area contributed by atoms with Crippen molar-refractivity contribution in [3.05, 3.63) is 75.5 Å². The fraction of sp³-hybridized carbons (Fsp3) is 0.0556. The van der Waals surface area contributed by atoms with Crippen LogP contribution in [0.15, 0.2) is 59.5 Å². The average molecular weight is 338 g/mol. The predicted octanol–water partition coefficient (Wildman–Crippen LogP) is 3.17. The minimum atomic E-state index is -0.236. The molecule has 0 bridgehead atoms. The van der Waals surface area contributed by atoms with Gasteiger partial charge in [-0.05, 0) is 42.5 Å². The van der Waals surface area contributed by atoms with E-state index in [-0.39, 0.29) is 17.9 Å². The molecular weight excluding hydrogens is 326 g/mol. The largest absolute Gasteiger partial charge is 0.338 e. The van der Waals surface area contributed by atoms with Crippen molar-refractivity contribution in [2.24, 2.45) is 0 Å². The maximum Gasteiger partial charge on any atom is 0.244 e. The molecule has 0 aliphatic carbocycles. The second-order valence-corrected chi connectivity index (χ2v) is 5.64. The number of benzene rings is 2. The monoisotopic (exact) mass is 337 g/mol. The van der Waals surface area contributed by atoms with Crippen molar-refractivity contribution in [3.8, 4) is 6.07 Å². The van der Waals surface area contributed by atoms with Crippen molar-refractivity contribution in [3.63, 3.8) is 0 Å². The van der Waals surface area contributed by atoms with Gasteiger partial charge in [0.2, 0.25) is 5.91 Å². The van der Waals surface area contributed by atoms with Crippen molar-refractivity contribution in [1.29, 1.82) is 5.26 Å². The Morgan fingerprint density at radius 1 is 1.17 bits per heavy atom. The summed E-state index contributed by atoms with van der Waals surface area (Å²) in [5.41, 5.74) is 1.63. The molecule has 1 heterocycles. The topological polar surface area (TPSA) is 74.9 Å². The van der Waals surface area contributed by atoms with Gasteiger partial charge in [0, 0.05) is 28.4 Å². The van der Waals surface area contributed by atoms with Gasteiger partial charge in [0.1, 0.15) is 6.54 Å². The van der Waals surface area contributed by atoms with Crippen LogP contribution in [0.5, 0.6) is 0 Å². The van der Waals surface area contributed by atoms with Crippen LogP contribution in [-0.2, 0) is 11.3 Å². The lowest BCUT2D eigenvalue weighted by Gasteiger charge is -2.11. The molecule has 0 aliphatic rings. The summed E-state index contributed by atoms with van der Waals surface area (Å²) in [5, 5.41) is 12.5. The van der Waals surface area contributed by atoms with Crippen molar-refractivity contribution in [2.45, 2.75) is 6.54 Å². The molecule has 0 atom stereocenters. The second kappa shape index (κ2) is 6.57. The summed E-state index contributed by atoms with van der Waals surface area (Å²) in [6.45, 7) is 0.0540. The molecule has 0 spiro atoms. The molecule has 1 amide bonds. The minimum Gasteiger partial charge on any atom is -0.338 e. The Bertz CT molecular complexity index is 1020. The first-order valence-corrected chi connectivity index (χ1v) is 7.53. The Balaban J connectivity index is 1.84. The van der Waals surface area contributed by atoms with Gasteiger partial charge in [-0.1, -0.05) is 11.6 Å². The van der Waals surface area contributed by atoms with E-state index in [1.54, 1.807) is 53.2 Å². The summed E-state index contributed by atoms with van der Waals surface area (Å²) in [6, 6.07) is 15.0. The zero-order valence-electron chi connectivity index (χ0n) is 12.5. The number of halogens is 1. The van der Waals surface area contributed by atoms with Gasteiger partial charge < -0.3 is 9.88 Å².